The monoisotopic (exact) mass is 410 g/mol. The fraction of sp³-hybridized carbons (Fsp3) is 0.478. The Balaban J connectivity index is 1.49. The zero-order chi connectivity index (χ0) is 21.1. The lowest BCUT2D eigenvalue weighted by Crippen LogP contribution is -2.52. The Morgan fingerprint density at radius 3 is 2.63 bits per heavy atom. The van der Waals surface area contributed by atoms with Crippen LogP contribution in [0, 0.1) is 0 Å². The number of benzene rings is 1. The van der Waals surface area contributed by atoms with Crippen molar-refractivity contribution in [2.45, 2.75) is 43.2 Å². The van der Waals surface area contributed by atoms with Crippen LogP contribution in [0.2, 0.25) is 0 Å². The number of carbonyl (C=O) groups is 1. The van der Waals surface area contributed by atoms with Crippen LogP contribution in [0.15, 0.2) is 42.7 Å². The summed E-state index contributed by atoms with van der Waals surface area (Å²) >= 11 is 0. The van der Waals surface area contributed by atoms with Crippen molar-refractivity contribution >= 4 is 11.7 Å². The van der Waals surface area contributed by atoms with Gasteiger partial charge >= 0.3 is 6.03 Å². The second-order valence-electron chi connectivity index (χ2n) is 8.28. The van der Waals surface area contributed by atoms with Crippen molar-refractivity contribution in [2.75, 3.05) is 33.1 Å². The fourth-order valence-electron chi connectivity index (χ4n) is 5.18. The quantitative estimate of drug-likeness (QED) is 0.790. The molecular weight excluding hydrogens is 380 g/mol. The molecule has 1 aliphatic carbocycles. The van der Waals surface area contributed by atoms with Gasteiger partial charge in [0.1, 0.15) is 0 Å². The summed E-state index contributed by atoms with van der Waals surface area (Å²) in [5, 5.41) is 6.06. The minimum absolute atomic E-state index is 0.0774. The van der Waals surface area contributed by atoms with Gasteiger partial charge in [0.15, 0.2) is 11.5 Å². The molecule has 2 fully saturated rings. The number of ether oxygens (including phenoxy) is 2. The summed E-state index contributed by atoms with van der Waals surface area (Å²) in [7, 11) is 5.53. The van der Waals surface area contributed by atoms with Gasteiger partial charge in [-0.2, -0.15) is 0 Å². The van der Waals surface area contributed by atoms with E-state index in [-0.39, 0.29) is 17.5 Å². The molecule has 4 rings (SSSR count). The smallest absolute Gasteiger partial charge is 0.319 e. The van der Waals surface area contributed by atoms with E-state index in [1.165, 1.54) is 5.56 Å². The van der Waals surface area contributed by atoms with E-state index < -0.39 is 0 Å². The largest absolute Gasteiger partial charge is 0.493 e. The van der Waals surface area contributed by atoms with Crippen molar-refractivity contribution in [3.63, 3.8) is 0 Å². The Kier molecular flexibility index (Phi) is 5.81. The molecule has 1 aromatic carbocycles. The standard InChI is InChI=1S/C23H30N4O3/c1-27-13-10-23(16-4-5-19(29-2)20(14-16)30-3)9-6-18(15-21(23)27)26-22(28)25-17-7-11-24-12-8-17/h4-5,7-8,11-12,14,18,21H,6,9-10,13,15H2,1-3H3,(H2,24,25,26,28)/t18-,21+,23+/m1/s1. The predicted molar refractivity (Wildman–Crippen MR) is 116 cm³/mol. The van der Waals surface area contributed by atoms with Crippen LogP contribution in [-0.4, -0.2) is 55.8 Å². The lowest BCUT2D eigenvalue weighted by Gasteiger charge is -2.45. The zero-order valence-electron chi connectivity index (χ0n) is 17.9. The number of carbonyl (C=O) groups excluding carboxylic acids is 1. The minimum atomic E-state index is -0.162. The maximum absolute atomic E-state index is 12.5. The van der Waals surface area contributed by atoms with Gasteiger partial charge in [0, 0.05) is 35.6 Å². The molecule has 30 heavy (non-hydrogen) atoms. The summed E-state index contributed by atoms with van der Waals surface area (Å²) in [5.74, 6) is 1.53. The number of nitrogens with zero attached hydrogens (tertiary/aromatic N) is 2. The van der Waals surface area contributed by atoms with Gasteiger partial charge in [-0.3, -0.25) is 4.98 Å². The number of amides is 2. The van der Waals surface area contributed by atoms with E-state index in [1.54, 1.807) is 38.7 Å². The van der Waals surface area contributed by atoms with Crippen LogP contribution < -0.4 is 20.1 Å². The first-order valence-electron chi connectivity index (χ1n) is 10.5. The first-order chi connectivity index (χ1) is 14.6. The highest BCUT2D eigenvalue weighted by Crippen LogP contribution is 2.49. The number of hydrogen-bond acceptors (Lipinski definition) is 5. The highest BCUT2D eigenvalue weighted by molar-refractivity contribution is 5.89. The SMILES string of the molecule is COc1ccc([C@@]23CC[C@@H](NC(=O)Nc4ccncc4)C[C@@H]2N(C)CC3)cc1OC. The molecule has 2 heterocycles. The Hall–Kier alpha value is -2.80. The Morgan fingerprint density at radius 1 is 1.13 bits per heavy atom. The molecule has 1 saturated heterocycles. The van der Waals surface area contributed by atoms with E-state index in [9.17, 15) is 4.79 Å². The molecule has 2 aliphatic rings. The third-order valence-corrected chi connectivity index (χ3v) is 6.76. The summed E-state index contributed by atoms with van der Waals surface area (Å²) in [5.41, 5.74) is 2.12. The number of aromatic nitrogens is 1. The van der Waals surface area contributed by atoms with Crippen molar-refractivity contribution in [3.8, 4) is 11.5 Å². The summed E-state index contributed by atoms with van der Waals surface area (Å²) in [4.78, 5) is 18.9. The van der Waals surface area contributed by atoms with E-state index >= 15 is 0 Å². The molecule has 1 saturated carbocycles. The number of likely N-dealkylation sites (tertiary alicyclic amines) is 1. The van der Waals surface area contributed by atoms with Crippen molar-refractivity contribution in [1.82, 2.24) is 15.2 Å². The number of likely N-dealkylation sites (N-methyl/N-ethyl adjacent to an activating group) is 1. The van der Waals surface area contributed by atoms with E-state index in [1.807, 2.05) is 6.07 Å². The van der Waals surface area contributed by atoms with Crippen LogP contribution in [0.3, 0.4) is 0 Å². The summed E-state index contributed by atoms with van der Waals surface area (Å²) in [6.07, 6.45) is 7.34. The molecule has 0 radical (unpaired) electrons. The third kappa shape index (κ3) is 3.81. The van der Waals surface area contributed by atoms with Gasteiger partial charge in [0.25, 0.3) is 0 Å². The molecule has 2 aromatic rings. The normalized spacial score (nSPS) is 26.0. The number of fused-ring (bicyclic) bond motifs is 1. The fourth-order valence-corrected chi connectivity index (χ4v) is 5.18. The van der Waals surface area contributed by atoms with E-state index in [0.717, 1.165) is 49.4 Å². The van der Waals surface area contributed by atoms with Gasteiger partial charge in [-0.1, -0.05) is 6.07 Å². The van der Waals surface area contributed by atoms with E-state index in [0.29, 0.717) is 6.04 Å². The molecule has 7 heteroatoms. The zero-order valence-corrected chi connectivity index (χ0v) is 17.9. The molecule has 0 bridgehead atoms. The maximum atomic E-state index is 12.5. The van der Waals surface area contributed by atoms with Crippen LogP contribution in [0.4, 0.5) is 10.5 Å². The lowest BCUT2D eigenvalue weighted by molar-refractivity contribution is 0.156. The number of urea groups is 1. The lowest BCUT2D eigenvalue weighted by atomic mass is 9.65. The van der Waals surface area contributed by atoms with Gasteiger partial charge < -0.3 is 25.0 Å². The average molecular weight is 411 g/mol. The highest BCUT2D eigenvalue weighted by Gasteiger charge is 2.50. The topological polar surface area (TPSA) is 75.7 Å². The van der Waals surface area contributed by atoms with Gasteiger partial charge in [0.05, 0.1) is 14.2 Å². The Bertz CT molecular complexity index is 891. The summed E-state index contributed by atoms with van der Waals surface area (Å²) in [6, 6.07) is 10.2. The summed E-state index contributed by atoms with van der Waals surface area (Å²) in [6.45, 7) is 1.05. The average Bonchev–Trinajstić information content (AvgIpc) is 3.11. The Labute approximate surface area is 177 Å². The van der Waals surface area contributed by atoms with Crippen LogP contribution in [0.25, 0.3) is 0 Å². The molecule has 1 aliphatic heterocycles. The number of hydrogen-bond donors (Lipinski definition) is 2. The van der Waals surface area contributed by atoms with Gasteiger partial charge in [0.2, 0.25) is 0 Å². The van der Waals surface area contributed by atoms with Crippen LogP contribution in [0.5, 0.6) is 11.5 Å². The minimum Gasteiger partial charge on any atom is -0.493 e. The predicted octanol–water partition coefficient (Wildman–Crippen LogP) is 3.41. The molecule has 0 unspecified atom stereocenters. The number of rotatable bonds is 5. The van der Waals surface area contributed by atoms with Crippen LogP contribution >= 0.6 is 0 Å². The van der Waals surface area contributed by atoms with E-state index in [4.69, 9.17) is 9.47 Å². The molecule has 7 nitrogen and oxygen atoms in total. The number of pyridine rings is 1. The van der Waals surface area contributed by atoms with Gasteiger partial charge in [-0.05, 0) is 69.1 Å². The van der Waals surface area contributed by atoms with Crippen molar-refractivity contribution in [2.24, 2.45) is 0 Å². The molecular formula is C23H30N4O3. The molecule has 2 N–H and O–H groups in total. The molecule has 1 aromatic heterocycles. The van der Waals surface area contributed by atoms with E-state index in [2.05, 4.69) is 39.7 Å². The second kappa shape index (κ2) is 8.52. The third-order valence-electron chi connectivity index (χ3n) is 6.76. The first kappa shape index (κ1) is 20.5. The first-order valence-corrected chi connectivity index (χ1v) is 10.5. The van der Waals surface area contributed by atoms with Crippen molar-refractivity contribution in [3.05, 3.63) is 48.3 Å². The Morgan fingerprint density at radius 2 is 1.90 bits per heavy atom. The molecule has 160 valence electrons. The number of methoxy groups -OCH3 is 2. The second-order valence-corrected chi connectivity index (χ2v) is 8.28. The molecule has 2 amide bonds. The highest BCUT2D eigenvalue weighted by atomic mass is 16.5. The summed E-state index contributed by atoms with van der Waals surface area (Å²) < 4.78 is 11.0. The number of nitrogens with one attached hydrogen (secondary N) is 2. The van der Waals surface area contributed by atoms with Gasteiger partial charge in [-0.15, -0.1) is 0 Å². The maximum Gasteiger partial charge on any atom is 0.319 e. The number of anilines is 1. The van der Waals surface area contributed by atoms with Gasteiger partial charge in [-0.25, -0.2) is 4.79 Å². The van der Waals surface area contributed by atoms with Crippen molar-refractivity contribution in [1.29, 1.82) is 0 Å². The van der Waals surface area contributed by atoms with Crippen LogP contribution in [0.1, 0.15) is 31.2 Å². The van der Waals surface area contributed by atoms with Crippen LogP contribution in [-0.2, 0) is 5.41 Å². The van der Waals surface area contributed by atoms with Crippen molar-refractivity contribution < 1.29 is 14.3 Å². The molecule has 3 atom stereocenters. The molecule has 0 spiro atoms.